The van der Waals surface area contributed by atoms with E-state index in [1.807, 2.05) is 30.3 Å². The predicted octanol–water partition coefficient (Wildman–Crippen LogP) is 4.41. The average Bonchev–Trinajstić information content (AvgIpc) is 2.48. The van der Waals surface area contributed by atoms with Gasteiger partial charge in [-0.15, -0.1) is 6.58 Å². The molecule has 0 aromatic heterocycles. The molecular weight excluding hydrogens is 267 g/mol. The second kappa shape index (κ2) is 5.92. The summed E-state index contributed by atoms with van der Waals surface area (Å²) < 4.78 is 14.4. The van der Waals surface area contributed by atoms with Gasteiger partial charge in [0.2, 0.25) is 0 Å². The zero-order valence-corrected chi connectivity index (χ0v) is 11.8. The van der Waals surface area contributed by atoms with Gasteiger partial charge in [0.05, 0.1) is 5.41 Å². The lowest BCUT2D eigenvalue weighted by Gasteiger charge is -2.24. The zero-order chi connectivity index (χ0) is 15.5. The maximum Gasteiger partial charge on any atom is 0.314 e. The van der Waals surface area contributed by atoms with Crippen LogP contribution >= 0.6 is 0 Å². The van der Waals surface area contributed by atoms with E-state index in [0.29, 0.717) is 11.1 Å². The Morgan fingerprint density at radius 3 is 2.48 bits per heavy atom. The molecule has 0 amide bonds. The molecular formula is C18H17FO2. The van der Waals surface area contributed by atoms with Crippen molar-refractivity contribution in [3.63, 3.8) is 0 Å². The molecule has 0 bridgehead atoms. The second-order valence-corrected chi connectivity index (χ2v) is 5.19. The Morgan fingerprint density at radius 2 is 1.95 bits per heavy atom. The predicted molar refractivity (Wildman–Crippen MR) is 81.6 cm³/mol. The van der Waals surface area contributed by atoms with Crippen molar-refractivity contribution in [1.82, 2.24) is 0 Å². The van der Waals surface area contributed by atoms with Gasteiger partial charge in [0.25, 0.3) is 0 Å². The van der Waals surface area contributed by atoms with Gasteiger partial charge in [-0.3, -0.25) is 4.79 Å². The van der Waals surface area contributed by atoms with Crippen molar-refractivity contribution in [2.24, 2.45) is 0 Å². The van der Waals surface area contributed by atoms with Crippen LogP contribution in [-0.4, -0.2) is 11.1 Å². The molecule has 0 fully saturated rings. The molecule has 3 heteroatoms. The third-order valence-electron chi connectivity index (χ3n) is 3.72. The van der Waals surface area contributed by atoms with Gasteiger partial charge in [-0.1, -0.05) is 48.5 Å². The van der Waals surface area contributed by atoms with Crippen molar-refractivity contribution >= 4 is 5.97 Å². The first kappa shape index (κ1) is 15.0. The Balaban J connectivity index is 2.48. The van der Waals surface area contributed by atoms with Crippen LogP contribution in [0.25, 0.3) is 11.1 Å². The monoisotopic (exact) mass is 284 g/mol. The molecule has 0 spiro atoms. The first-order valence-electron chi connectivity index (χ1n) is 6.69. The number of benzene rings is 2. The van der Waals surface area contributed by atoms with E-state index in [9.17, 15) is 14.3 Å². The SMILES string of the molecule is C=CCC(C)(C(=O)O)c1ccc(-c2ccccc2)c(F)c1. The highest BCUT2D eigenvalue weighted by atomic mass is 19.1. The maximum atomic E-state index is 14.4. The van der Waals surface area contributed by atoms with Gasteiger partial charge < -0.3 is 5.11 Å². The number of carboxylic acid groups (broad SMARTS) is 1. The second-order valence-electron chi connectivity index (χ2n) is 5.19. The summed E-state index contributed by atoms with van der Waals surface area (Å²) in [6.45, 7) is 5.16. The Hall–Kier alpha value is -2.42. The number of carbonyl (C=O) groups is 1. The summed E-state index contributed by atoms with van der Waals surface area (Å²) in [6, 6.07) is 13.8. The van der Waals surface area contributed by atoms with Crippen LogP contribution in [0.15, 0.2) is 61.2 Å². The zero-order valence-electron chi connectivity index (χ0n) is 11.8. The minimum atomic E-state index is -1.17. The summed E-state index contributed by atoms with van der Waals surface area (Å²) >= 11 is 0. The van der Waals surface area contributed by atoms with E-state index in [2.05, 4.69) is 6.58 Å². The quantitative estimate of drug-likeness (QED) is 0.826. The number of halogens is 1. The van der Waals surface area contributed by atoms with E-state index < -0.39 is 17.2 Å². The van der Waals surface area contributed by atoms with Crippen LogP contribution in [0.4, 0.5) is 4.39 Å². The summed E-state index contributed by atoms with van der Waals surface area (Å²) in [5.41, 5.74) is 0.498. The van der Waals surface area contributed by atoms with E-state index in [4.69, 9.17) is 0 Å². The van der Waals surface area contributed by atoms with Crippen molar-refractivity contribution in [2.45, 2.75) is 18.8 Å². The van der Waals surface area contributed by atoms with Crippen molar-refractivity contribution in [3.05, 3.63) is 72.6 Å². The number of hydrogen-bond acceptors (Lipinski definition) is 1. The van der Waals surface area contributed by atoms with E-state index in [-0.39, 0.29) is 6.42 Å². The Labute approximate surface area is 123 Å². The van der Waals surface area contributed by atoms with Gasteiger partial charge in [0.1, 0.15) is 5.82 Å². The first-order chi connectivity index (χ1) is 9.99. The van der Waals surface area contributed by atoms with Gasteiger partial charge in [0, 0.05) is 5.56 Å². The average molecular weight is 284 g/mol. The fourth-order valence-electron chi connectivity index (χ4n) is 2.33. The van der Waals surface area contributed by atoms with Crippen molar-refractivity contribution in [3.8, 4) is 11.1 Å². The van der Waals surface area contributed by atoms with Gasteiger partial charge in [0.15, 0.2) is 0 Å². The van der Waals surface area contributed by atoms with Crippen LogP contribution in [0.1, 0.15) is 18.9 Å². The van der Waals surface area contributed by atoms with Crippen molar-refractivity contribution in [2.75, 3.05) is 0 Å². The normalized spacial score (nSPS) is 13.4. The molecule has 0 aliphatic rings. The molecule has 0 radical (unpaired) electrons. The molecule has 1 N–H and O–H groups in total. The molecule has 21 heavy (non-hydrogen) atoms. The van der Waals surface area contributed by atoms with E-state index in [1.165, 1.54) is 12.1 Å². The number of hydrogen-bond donors (Lipinski definition) is 1. The van der Waals surface area contributed by atoms with Crippen LogP contribution in [-0.2, 0) is 10.2 Å². The fourth-order valence-corrected chi connectivity index (χ4v) is 2.33. The molecule has 0 saturated heterocycles. The highest BCUT2D eigenvalue weighted by Crippen LogP contribution is 2.32. The van der Waals surface area contributed by atoms with E-state index in [0.717, 1.165) is 5.56 Å². The Bertz CT molecular complexity index is 664. The number of allylic oxidation sites excluding steroid dienone is 1. The first-order valence-corrected chi connectivity index (χ1v) is 6.69. The summed E-state index contributed by atoms with van der Waals surface area (Å²) in [7, 11) is 0. The molecule has 0 aliphatic heterocycles. The van der Waals surface area contributed by atoms with Crippen LogP contribution in [0, 0.1) is 5.82 Å². The Kier molecular flexibility index (Phi) is 4.22. The molecule has 2 rings (SSSR count). The lowest BCUT2D eigenvalue weighted by molar-refractivity contribution is -0.143. The smallest absolute Gasteiger partial charge is 0.314 e. The number of aliphatic carboxylic acids is 1. The lowest BCUT2D eigenvalue weighted by atomic mass is 9.79. The highest BCUT2D eigenvalue weighted by Gasteiger charge is 2.34. The molecule has 1 atom stereocenters. The minimum absolute atomic E-state index is 0.243. The van der Waals surface area contributed by atoms with Gasteiger partial charge in [-0.05, 0) is 30.5 Å². The molecule has 2 aromatic carbocycles. The number of carboxylic acids is 1. The fraction of sp³-hybridized carbons (Fsp3) is 0.167. The van der Waals surface area contributed by atoms with Crippen LogP contribution in [0.3, 0.4) is 0 Å². The minimum Gasteiger partial charge on any atom is -0.481 e. The maximum absolute atomic E-state index is 14.4. The summed E-state index contributed by atoms with van der Waals surface area (Å²) in [4.78, 5) is 11.5. The molecule has 1 unspecified atom stereocenters. The van der Waals surface area contributed by atoms with Crippen LogP contribution < -0.4 is 0 Å². The van der Waals surface area contributed by atoms with Crippen LogP contribution in [0.5, 0.6) is 0 Å². The Morgan fingerprint density at radius 1 is 1.29 bits per heavy atom. The van der Waals surface area contributed by atoms with Gasteiger partial charge in [-0.2, -0.15) is 0 Å². The summed E-state index contributed by atoms with van der Waals surface area (Å²) in [5.74, 6) is -1.41. The number of rotatable bonds is 5. The molecule has 0 heterocycles. The van der Waals surface area contributed by atoms with Crippen molar-refractivity contribution < 1.29 is 14.3 Å². The summed E-state index contributed by atoms with van der Waals surface area (Å²) in [6.07, 6.45) is 1.78. The molecule has 0 saturated carbocycles. The molecule has 2 nitrogen and oxygen atoms in total. The summed E-state index contributed by atoms with van der Waals surface area (Å²) in [5, 5.41) is 9.42. The van der Waals surface area contributed by atoms with Crippen molar-refractivity contribution in [1.29, 1.82) is 0 Å². The van der Waals surface area contributed by atoms with Gasteiger partial charge in [-0.25, -0.2) is 4.39 Å². The van der Waals surface area contributed by atoms with E-state index in [1.54, 1.807) is 19.1 Å². The van der Waals surface area contributed by atoms with Gasteiger partial charge >= 0.3 is 5.97 Å². The lowest BCUT2D eigenvalue weighted by Crippen LogP contribution is -2.31. The molecule has 2 aromatic rings. The topological polar surface area (TPSA) is 37.3 Å². The van der Waals surface area contributed by atoms with E-state index >= 15 is 0 Å². The molecule has 108 valence electrons. The highest BCUT2D eigenvalue weighted by molar-refractivity contribution is 5.81. The largest absolute Gasteiger partial charge is 0.481 e. The van der Waals surface area contributed by atoms with Crippen LogP contribution in [0.2, 0.25) is 0 Å². The standard InChI is InChI=1S/C18H17FO2/c1-3-11-18(2,17(20)21)14-9-10-15(16(19)12-14)13-7-5-4-6-8-13/h3-10,12H,1,11H2,2H3,(H,20,21). The third kappa shape index (κ3) is 2.87. The molecule has 0 aliphatic carbocycles. The third-order valence-corrected chi connectivity index (χ3v) is 3.72.